The number of para-hydroxylation sites is 2. The lowest BCUT2D eigenvalue weighted by atomic mass is 10.1. The molecule has 164 valence electrons. The predicted octanol–water partition coefficient (Wildman–Crippen LogP) is 3.97. The second kappa shape index (κ2) is 10.0. The molecule has 2 atom stereocenters. The predicted molar refractivity (Wildman–Crippen MR) is 112 cm³/mol. The first-order valence-corrected chi connectivity index (χ1v) is 9.86. The maximum atomic E-state index is 13.6. The SMILES string of the molecule is CC(CNC(=O)[C@H](C)NC(=O)OCc1ccccc1)c1nc2ccccc2n1C(F)F. The van der Waals surface area contributed by atoms with Crippen LogP contribution in [0.2, 0.25) is 0 Å². The molecule has 0 aliphatic heterocycles. The number of carbonyl (C=O) groups excluding carboxylic acids is 2. The summed E-state index contributed by atoms with van der Waals surface area (Å²) in [6.07, 6.45) is -0.723. The molecular weight excluding hydrogens is 406 g/mol. The van der Waals surface area contributed by atoms with Gasteiger partial charge in [-0.15, -0.1) is 0 Å². The number of fused-ring (bicyclic) bond motifs is 1. The maximum Gasteiger partial charge on any atom is 0.408 e. The molecule has 0 spiro atoms. The molecule has 0 radical (unpaired) electrons. The summed E-state index contributed by atoms with van der Waals surface area (Å²) in [6, 6.07) is 14.9. The van der Waals surface area contributed by atoms with Gasteiger partial charge in [0.15, 0.2) is 0 Å². The second-order valence-electron chi connectivity index (χ2n) is 7.18. The first kappa shape index (κ1) is 22.2. The molecule has 2 N–H and O–H groups in total. The molecule has 0 saturated heterocycles. The number of halogens is 2. The summed E-state index contributed by atoms with van der Waals surface area (Å²) < 4.78 is 33.1. The molecule has 0 bridgehead atoms. The van der Waals surface area contributed by atoms with Gasteiger partial charge in [0.1, 0.15) is 18.5 Å². The Morgan fingerprint density at radius 2 is 1.74 bits per heavy atom. The third-order valence-corrected chi connectivity index (χ3v) is 4.78. The van der Waals surface area contributed by atoms with Crippen LogP contribution in [0.1, 0.15) is 37.7 Å². The van der Waals surface area contributed by atoms with Crippen LogP contribution in [-0.4, -0.2) is 34.1 Å². The van der Waals surface area contributed by atoms with Crippen molar-refractivity contribution in [3.63, 3.8) is 0 Å². The summed E-state index contributed by atoms with van der Waals surface area (Å²) in [5.41, 5.74) is 1.62. The zero-order valence-corrected chi connectivity index (χ0v) is 17.2. The Labute approximate surface area is 178 Å². The van der Waals surface area contributed by atoms with E-state index in [2.05, 4.69) is 15.6 Å². The van der Waals surface area contributed by atoms with Crippen LogP contribution in [-0.2, 0) is 16.1 Å². The van der Waals surface area contributed by atoms with Gasteiger partial charge in [-0.25, -0.2) is 9.78 Å². The van der Waals surface area contributed by atoms with Gasteiger partial charge in [0, 0.05) is 12.5 Å². The summed E-state index contributed by atoms with van der Waals surface area (Å²) in [4.78, 5) is 28.5. The number of aromatic nitrogens is 2. The molecule has 31 heavy (non-hydrogen) atoms. The standard InChI is InChI=1S/C22H24F2N4O3/c1-14(19-27-17-10-6-7-11-18(17)28(19)21(23)24)12-25-20(29)15(2)26-22(30)31-13-16-8-4-3-5-9-16/h3-11,14-15,21H,12-13H2,1-2H3,(H,25,29)(H,26,30)/t14?,15-/m0/s1. The Bertz CT molecular complexity index is 1040. The van der Waals surface area contributed by atoms with E-state index in [1.165, 1.54) is 6.92 Å². The molecular formula is C22H24F2N4O3. The van der Waals surface area contributed by atoms with E-state index >= 15 is 0 Å². The van der Waals surface area contributed by atoms with Crippen LogP contribution >= 0.6 is 0 Å². The average molecular weight is 430 g/mol. The lowest BCUT2D eigenvalue weighted by Gasteiger charge is -2.17. The first-order valence-electron chi connectivity index (χ1n) is 9.86. The van der Waals surface area contributed by atoms with Crippen LogP contribution in [0.5, 0.6) is 0 Å². The molecule has 2 aromatic carbocycles. The minimum absolute atomic E-state index is 0.0833. The summed E-state index contributed by atoms with van der Waals surface area (Å²) in [7, 11) is 0. The smallest absolute Gasteiger partial charge is 0.408 e. The number of hydrogen-bond donors (Lipinski definition) is 2. The number of amides is 2. The van der Waals surface area contributed by atoms with Gasteiger partial charge in [-0.3, -0.25) is 9.36 Å². The fourth-order valence-corrected chi connectivity index (χ4v) is 3.12. The van der Waals surface area contributed by atoms with E-state index in [1.807, 2.05) is 30.3 Å². The van der Waals surface area contributed by atoms with Crippen molar-refractivity contribution < 1.29 is 23.1 Å². The van der Waals surface area contributed by atoms with E-state index < -0.39 is 30.5 Å². The number of nitrogens with one attached hydrogen (secondary N) is 2. The molecule has 1 heterocycles. The maximum absolute atomic E-state index is 13.6. The molecule has 1 aromatic heterocycles. The van der Waals surface area contributed by atoms with E-state index in [0.717, 1.165) is 10.1 Å². The van der Waals surface area contributed by atoms with Crippen LogP contribution in [0.25, 0.3) is 11.0 Å². The Morgan fingerprint density at radius 3 is 2.45 bits per heavy atom. The number of nitrogens with zero attached hydrogens (tertiary/aromatic N) is 2. The van der Waals surface area contributed by atoms with Crippen molar-refractivity contribution in [3.8, 4) is 0 Å². The number of imidazole rings is 1. The van der Waals surface area contributed by atoms with Crippen LogP contribution in [0.4, 0.5) is 13.6 Å². The van der Waals surface area contributed by atoms with Crippen LogP contribution in [0.15, 0.2) is 54.6 Å². The molecule has 2 amide bonds. The van der Waals surface area contributed by atoms with Crippen LogP contribution in [0, 0.1) is 0 Å². The molecule has 7 nitrogen and oxygen atoms in total. The van der Waals surface area contributed by atoms with E-state index in [4.69, 9.17) is 4.74 Å². The third-order valence-electron chi connectivity index (χ3n) is 4.78. The number of rotatable bonds is 8. The van der Waals surface area contributed by atoms with Crippen molar-refractivity contribution in [2.24, 2.45) is 0 Å². The fourth-order valence-electron chi connectivity index (χ4n) is 3.12. The molecule has 3 rings (SSSR count). The first-order chi connectivity index (χ1) is 14.9. The quantitative estimate of drug-likeness (QED) is 0.566. The van der Waals surface area contributed by atoms with Gasteiger partial charge in [0.25, 0.3) is 0 Å². The summed E-state index contributed by atoms with van der Waals surface area (Å²) in [6.45, 7) is 0.632. The van der Waals surface area contributed by atoms with Crippen molar-refractivity contribution in [1.29, 1.82) is 0 Å². The number of benzene rings is 2. The third kappa shape index (κ3) is 5.56. The number of alkyl carbamates (subject to hydrolysis) is 1. The number of alkyl halides is 2. The molecule has 0 aliphatic carbocycles. The monoisotopic (exact) mass is 430 g/mol. The van der Waals surface area contributed by atoms with Gasteiger partial charge < -0.3 is 15.4 Å². The van der Waals surface area contributed by atoms with Gasteiger partial charge in [-0.1, -0.05) is 49.4 Å². The number of carbonyl (C=O) groups is 2. The minimum Gasteiger partial charge on any atom is -0.445 e. The highest BCUT2D eigenvalue weighted by Crippen LogP contribution is 2.27. The minimum atomic E-state index is -2.75. The van der Waals surface area contributed by atoms with Gasteiger partial charge in [0.05, 0.1) is 11.0 Å². The lowest BCUT2D eigenvalue weighted by Crippen LogP contribution is -2.45. The normalized spacial score (nSPS) is 13.1. The number of hydrogen-bond acceptors (Lipinski definition) is 4. The van der Waals surface area contributed by atoms with E-state index in [1.54, 1.807) is 31.2 Å². The zero-order valence-electron chi connectivity index (χ0n) is 17.2. The fraction of sp³-hybridized carbons (Fsp3) is 0.318. The van der Waals surface area contributed by atoms with Crippen molar-refractivity contribution in [2.45, 2.75) is 39.0 Å². The van der Waals surface area contributed by atoms with Crippen molar-refractivity contribution in [2.75, 3.05) is 6.54 Å². The van der Waals surface area contributed by atoms with Gasteiger partial charge >= 0.3 is 12.6 Å². The van der Waals surface area contributed by atoms with Crippen molar-refractivity contribution >= 4 is 23.0 Å². The van der Waals surface area contributed by atoms with Gasteiger partial charge in [-0.2, -0.15) is 8.78 Å². The van der Waals surface area contributed by atoms with Gasteiger partial charge in [-0.05, 0) is 24.6 Å². The summed E-state index contributed by atoms with van der Waals surface area (Å²) in [5, 5.41) is 5.11. The largest absolute Gasteiger partial charge is 0.445 e. The topological polar surface area (TPSA) is 85.2 Å². The summed E-state index contributed by atoms with van der Waals surface area (Å²) >= 11 is 0. The second-order valence-corrected chi connectivity index (χ2v) is 7.18. The zero-order chi connectivity index (χ0) is 22.4. The summed E-state index contributed by atoms with van der Waals surface area (Å²) in [5.74, 6) is -0.745. The molecule has 1 unspecified atom stereocenters. The van der Waals surface area contributed by atoms with E-state index in [-0.39, 0.29) is 19.0 Å². The highest BCUT2D eigenvalue weighted by molar-refractivity contribution is 5.85. The highest BCUT2D eigenvalue weighted by Gasteiger charge is 2.23. The highest BCUT2D eigenvalue weighted by atomic mass is 19.3. The molecule has 9 heteroatoms. The Balaban J connectivity index is 1.53. The van der Waals surface area contributed by atoms with Crippen molar-refractivity contribution in [3.05, 3.63) is 66.0 Å². The molecule has 0 fully saturated rings. The average Bonchev–Trinajstić information content (AvgIpc) is 3.16. The molecule has 0 aliphatic rings. The van der Waals surface area contributed by atoms with Crippen LogP contribution in [0.3, 0.4) is 0 Å². The van der Waals surface area contributed by atoms with Gasteiger partial charge in [0.2, 0.25) is 5.91 Å². The number of ether oxygens (including phenoxy) is 1. The van der Waals surface area contributed by atoms with E-state index in [9.17, 15) is 18.4 Å². The Kier molecular flexibility index (Phi) is 7.17. The van der Waals surface area contributed by atoms with E-state index in [0.29, 0.717) is 11.0 Å². The lowest BCUT2D eigenvalue weighted by molar-refractivity contribution is -0.122. The van der Waals surface area contributed by atoms with Crippen LogP contribution < -0.4 is 10.6 Å². The molecule has 3 aromatic rings. The Morgan fingerprint density at radius 1 is 1.06 bits per heavy atom. The Hall–Kier alpha value is -3.49. The van der Waals surface area contributed by atoms with Crippen molar-refractivity contribution in [1.82, 2.24) is 20.2 Å². The molecule has 0 saturated carbocycles.